The molecule has 3 aromatic carbocycles. The largest absolute Gasteiger partial charge is 0.478 e. The Morgan fingerprint density at radius 2 is 1.83 bits per heavy atom. The van der Waals surface area contributed by atoms with Crippen LogP contribution in [0.25, 0.3) is 10.9 Å². The number of anilines is 2. The molecule has 1 aliphatic rings. The van der Waals surface area contributed by atoms with E-state index in [-0.39, 0.29) is 5.56 Å². The van der Waals surface area contributed by atoms with Gasteiger partial charge in [0.25, 0.3) is 5.91 Å². The van der Waals surface area contributed by atoms with Crippen molar-refractivity contribution < 1.29 is 19.1 Å². The topological polar surface area (TPSA) is 82.5 Å². The summed E-state index contributed by atoms with van der Waals surface area (Å²) in [6, 6.07) is 20.2. The average molecular weight is 470 g/mol. The maximum Gasteiger partial charge on any atom is 0.336 e. The second-order valence-corrected chi connectivity index (χ2v) is 8.81. The number of nitrogens with zero attached hydrogens (tertiary/aromatic N) is 2. The van der Waals surface area contributed by atoms with E-state index in [1.165, 1.54) is 35.4 Å². The third-order valence-electron chi connectivity index (χ3n) is 6.53. The minimum absolute atomic E-state index is 0.127. The van der Waals surface area contributed by atoms with Gasteiger partial charge >= 0.3 is 5.97 Å². The van der Waals surface area contributed by atoms with Crippen LogP contribution in [0.1, 0.15) is 44.2 Å². The van der Waals surface area contributed by atoms with E-state index in [4.69, 9.17) is 4.98 Å². The molecule has 1 aromatic heterocycles. The number of aromatic nitrogens is 1. The Balaban J connectivity index is 1.43. The van der Waals surface area contributed by atoms with Crippen molar-refractivity contribution in [2.24, 2.45) is 0 Å². The molecule has 35 heavy (non-hydrogen) atoms. The fraction of sp³-hybridized carbons (Fsp3) is 0.179. The van der Waals surface area contributed by atoms with Crippen molar-refractivity contribution in [3.63, 3.8) is 0 Å². The summed E-state index contributed by atoms with van der Waals surface area (Å²) in [4.78, 5) is 31.5. The molecule has 0 unspecified atom stereocenters. The molecule has 2 N–H and O–H groups in total. The minimum atomic E-state index is -1.06. The Morgan fingerprint density at radius 3 is 2.57 bits per heavy atom. The number of halogens is 1. The van der Waals surface area contributed by atoms with E-state index in [0.717, 1.165) is 19.5 Å². The normalized spacial score (nSPS) is 15.4. The van der Waals surface area contributed by atoms with Crippen LogP contribution in [-0.4, -0.2) is 35.1 Å². The molecule has 7 heteroatoms. The predicted octanol–water partition coefficient (Wildman–Crippen LogP) is 5.63. The van der Waals surface area contributed by atoms with E-state index in [1.54, 1.807) is 24.3 Å². The Labute approximate surface area is 202 Å². The summed E-state index contributed by atoms with van der Waals surface area (Å²) in [7, 11) is 0. The third-order valence-corrected chi connectivity index (χ3v) is 6.53. The van der Waals surface area contributed by atoms with Crippen LogP contribution in [0.4, 0.5) is 15.9 Å². The molecule has 2 heterocycles. The molecule has 1 atom stereocenters. The van der Waals surface area contributed by atoms with Gasteiger partial charge in [0, 0.05) is 35.6 Å². The van der Waals surface area contributed by atoms with Crippen LogP contribution in [0.5, 0.6) is 0 Å². The van der Waals surface area contributed by atoms with E-state index in [0.29, 0.717) is 33.9 Å². The summed E-state index contributed by atoms with van der Waals surface area (Å²) in [5.74, 6) is -0.899. The van der Waals surface area contributed by atoms with Gasteiger partial charge in [-0.25, -0.2) is 14.2 Å². The van der Waals surface area contributed by atoms with Crippen molar-refractivity contribution in [3.05, 3.63) is 101 Å². The standard InChI is InChI=1S/C28H24FN3O3/c1-17-4-2-3-5-22(17)19-12-13-32(16-19)26-15-24(28(34)35)23-14-21(10-11-25(23)31-26)30-27(33)18-6-8-20(29)9-7-18/h2-11,14-15,19H,12-13,16H2,1H3,(H,30,33)(H,34,35)/t19-/m1/s1. The highest BCUT2D eigenvalue weighted by Crippen LogP contribution is 2.33. The van der Waals surface area contributed by atoms with Gasteiger partial charge in [-0.05, 0) is 73.0 Å². The summed E-state index contributed by atoms with van der Waals surface area (Å²) in [6.45, 7) is 3.68. The average Bonchev–Trinajstić information content (AvgIpc) is 3.34. The zero-order chi connectivity index (χ0) is 24.5. The van der Waals surface area contributed by atoms with E-state index < -0.39 is 17.7 Å². The smallest absolute Gasteiger partial charge is 0.336 e. The molecule has 6 nitrogen and oxygen atoms in total. The summed E-state index contributed by atoms with van der Waals surface area (Å²) < 4.78 is 13.1. The fourth-order valence-electron chi connectivity index (χ4n) is 4.70. The zero-order valence-electron chi connectivity index (χ0n) is 19.2. The number of carbonyl (C=O) groups is 2. The first-order valence-electron chi connectivity index (χ1n) is 11.4. The second kappa shape index (κ2) is 9.18. The molecule has 1 amide bonds. The first kappa shape index (κ1) is 22.5. The van der Waals surface area contributed by atoms with E-state index >= 15 is 0 Å². The van der Waals surface area contributed by atoms with Crippen LogP contribution in [0.15, 0.2) is 72.8 Å². The maximum absolute atomic E-state index is 13.1. The molecule has 4 aromatic rings. The molecule has 1 fully saturated rings. The van der Waals surface area contributed by atoms with Gasteiger partial charge in [-0.15, -0.1) is 0 Å². The molecule has 176 valence electrons. The minimum Gasteiger partial charge on any atom is -0.478 e. The number of hydrogen-bond donors (Lipinski definition) is 2. The molecule has 1 aliphatic heterocycles. The first-order valence-corrected chi connectivity index (χ1v) is 11.4. The lowest BCUT2D eigenvalue weighted by atomic mass is 9.94. The Hall–Kier alpha value is -4.26. The van der Waals surface area contributed by atoms with Crippen molar-refractivity contribution in [2.75, 3.05) is 23.3 Å². The number of carboxylic acids is 1. The molecular formula is C28H24FN3O3. The van der Waals surface area contributed by atoms with Crippen molar-refractivity contribution in [1.29, 1.82) is 0 Å². The van der Waals surface area contributed by atoms with E-state index in [1.807, 2.05) is 12.1 Å². The maximum atomic E-state index is 13.1. The lowest BCUT2D eigenvalue weighted by Crippen LogP contribution is -2.21. The third kappa shape index (κ3) is 4.57. The molecule has 5 rings (SSSR count). The number of rotatable bonds is 5. The van der Waals surface area contributed by atoms with Gasteiger partial charge in [0.05, 0.1) is 11.1 Å². The van der Waals surface area contributed by atoms with Crippen molar-refractivity contribution in [2.45, 2.75) is 19.3 Å². The lowest BCUT2D eigenvalue weighted by Gasteiger charge is -2.20. The highest BCUT2D eigenvalue weighted by atomic mass is 19.1. The zero-order valence-corrected chi connectivity index (χ0v) is 19.2. The molecule has 0 saturated carbocycles. The highest BCUT2D eigenvalue weighted by Gasteiger charge is 2.27. The van der Waals surface area contributed by atoms with Crippen LogP contribution in [-0.2, 0) is 0 Å². The first-order chi connectivity index (χ1) is 16.9. The summed E-state index contributed by atoms with van der Waals surface area (Å²) in [5.41, 5.74) is 3.98. The van der Waals surface area contributed by atoms with Gasteiger partial charge in [0.15, 0.2) is 0 Å². The summed E-state index contributed by atoms with van der Waals surface area (Å²) >= 11 is 0. The molecule has 0 bridgehead atoms. The number of hydrogen-bond acceptors (Lipinski definition) is 4. The fourth-order valence-corrected chi connectivity index (χ4v) is 4.70. The van der Waals surface area contributed by atoms with E-state index in [2.05, 4.69) is 29.3 Å². The van der Waals surface area contributed by atoms with Gasteiger partial charge in [-0.2, -0.15) is 0 Å². The van der Waals surface area contributed by atoms with E-state index in [9.17, 15) is 19.1 Å². The number of nitrogens with one attached hydrogen (secondary N) is 1. The highest BCUT2D eigenvalue weighted by molar-refractivity contribution is 6.08. The number of aromatic carboxylic acids is 1. The Kier molecular flexibility index (Phi) is 5.91. The number of amides is 1. The molecule has 0 spiro atoms. The van der Waals surface area contributed by atoms with Crippen LogP contribution >= 0.6 is 0 Å². The Morgan fingerprint density at radius 1 is 1.06 bits per heavy atom. The SMILES string of the molecule is Cc1ccccc1[C@@H]1CCN(c2cc(C(=O)O)c3cc(NC(=O)c4ccc(F)cc4)ccc3n2)C1. The summed E-state index contributed by atoms with van der Waals surface area (Å²) in [5, 5.41) is 13.1. The van der Waals surface area contributed by atoms with Crippen LogP contribution in [0.2, 0.25) is 0 Å². The van der Waals surface area contributed by atoms with Crippen molar-refractivity contribution in [1.82, 2.24) is 4.98 Å². The molecule has 1 saturated heterocycles. The van der Waals surface area contributed by atoms with Gasteiger partial charge < -0.3 is 15.3 Å². The monoisotopic (exact) mass is 469 g/mol. The lowest BCUT2D eigenvalue weighted by molar-refractivity contribution is 0.0698. The van der Waals surface area contributed by atoms with Gasteiger partial charge in [0.1, 0.15) is 11.6 Å². The number of benzene rings is 3. The number of carboxylic acid groups (broad SMARTS) is 1. The van der Waals surface area contributed by atoms with Gasteiger partial charge in [-0.3, -0.25) is 4.79 Å². The number of carbonyl (C=O) groups excluding carboxylic acids is 1. The predicted molar refractivity (Wildman–Crippen MR) is 134 cm³/mol. The quantitative estimate of drug-likeness (QED) is 0.396. The van der Waals surface area contributed by atoms with Crippen LogP contribution < -0.4 is 10.2 Å². The van der Waals surface area contributed by atoms with Crippen molar-refractivity contribution >= 4 is 34.3 Å². The van der Waals surface area contributed by atoms with Gasteiger partial charge in [0.2, 0.25) is 0 Å². The molecular weight excluding hydrogens is 445 g/mol. The van der Waals surface area contributed by atoms with Crippen molar-refractivity contribution in [3.8, 4) is 0 Å². The van der Waals surface area contributed by atoms with Crippen LogP contribution in [0.3, 0.4) is 0 Å². The number of pyridine rings is 1. The second-order valence-electron chi connectivity index (χ2n) is 8.81. The molecule has 0 aliphatic carbocycles. The molecule has 0 radical (unpaired) electrons. The number of fused-ring (bicyclic) bond motifs is 1. The van der Waals surface area contributed by atoms with Crippen LogP contribution in [0, 0.1) is 12.7 Å². The van der Waals surface area contributed by atoms with Gasteiger partial charge in [-0.1, -0.05) is 24.3 Å². The Bertz CT molecular complexity index is 1440. The summed E-state index contributed by atoms with van der Waals surface area (Å²) in [6.07, 6.45) is 0.974. The number of aryl methyl sites for hydroxylation is 1.